The van der Waals surface area contributed by atoms with E-state index in [1.54, 1.807) is 0 Å². The van der Waals surface area contributed by atoms with Crippen LogP contribution in [0.3, 0.4) is 0 Å². The topological polar surface area (TPSA) is 49.9 Å². The molecule has 2 aliphatic rings. The van der Waals surface area contributed by atoms with Gasteiger partial charge in [0.05, 0.1) is 0 Å². The fourth-order valence-electron chi connectivity index (χ4n) is 2.72. The van der Waals surface area contributed by atoms with Gasteiger partial charge in [0.25, 0.3) is 0 Å². The highest BCUT2D eigenvalue weighted by Crippen LogP contribution is 2.23. The predicted molar refractivity (Wildman–Crippen MR) is 67.0 cm³/mol. The second kappa shape index (κ2) is 6.18. The van der Waals surface area contributed by atoms with Gasteiger partial charge in [-0.15, -0.1) is 0 Å². The minimum absolute atomic E-state index is 0.203. The summed E-state index contributed by atoms with van der Waals surface area (Å²) in [6.45, 7) is 5.44. The average Bonchev–Trinajstić information content (AvgIpc) is 2.76. The molecule has 1 atom stereocenters. The molecule has 0 aromatic rings. The first kappa shape index (κ1) is 13.3. The number of hydrogen-bond donors (Lipinski definition) is 0. The maximum absolute atomic E-state index is 12.0. The third-order valence-electron chi connectivity index (χ3n) is 3.73. The zero-order chi connectivity index (χ0) is 13.0. The van der Waals surface area contributed by atoms with Crippen molar-refractivity contribution >= 4 is 11.8 Å². The average molecular weight is 254 g/mol. The van der Waals surface area contributed by atoms with Crippen molar-refractivity contribution in [2.24, 2.45) is 0 Å². The molecule has 2 fully saturated rings. The summed E-state index contributed by atoms with van der Waals surface area (Å²) in [5.41, 5.74) is 0. The Morgan fingerprint density at radius 2 is 2.28 bits per heavy atom. The smallest absolute Gasteiger partial charge is 0.223 e. The highest BCUT2D eigenvalue weighted by Gasteiger charge is 2.36. The first-order valence-electron chi connectivity index (χ1n) is 6.87. The van der Waals surface area contributed by atoms with Gasteiger partial charge in [0.2, 0.25) is 11.8 Å². The molecule has 5 heteroatoms. The molecular weight excluding hydrogens is 232 g/mol. The SMILES string of the molecule is CCOCCCC(=O)N1CCN2C(=O)CC[C@@H]2C1. The lowest BCUT2D eigenvalue weighted by Crippen LogP contribution is -2.53. The molecule has 0 N–H and O–H groups in total. The Balaban J connectivity index is 1.74. The van der Waals surface area contributed by atoms with Crippen LogP contribution in [0.5, 0.6) is 0 Å². The zero-order valence-corrected chi connectivity index (χ0v) is 11.1. The molecule has 0 aliphatic carbocycles. The zero-order valence-electron chi connectivity index (χ0n) is 11.1. The van der Waals surface area contributed by atoms with E-state index in [1.807, 2.05) is 16.7 Å². The number of nitrogens with zero attached hydrogens (tertiary/aromatic N) is 2. The molecule has 0 bridgehead atoms. The van der Waals surface area contributed by atoms with Crippen molar-refractivity contribution in [3.05, 3.63) is 0 Å². The largest absolute Gasteiger partial charge is 0.382 e. The van der Waals surface area contributed by atoms with Crippen molar-refractivity contribution in [1.82, 2.24) is 9.80 Å². The number of ether oxygens (including phenoxy) is 1. The lowest BCUT2D eigenvalue weighted by molar-refractivity contribution is -0.139. The van der Waals surface area contributed by atoms with E-state index >= 15 is 0 Å². The molecule has 0 radical (unpaired) electrons. The maximum Gasteiger partial charge on any atom is 0.223 e. The monoisotopic (exact) mass is 254 g/mol. The van der Waals surface area contributed by atoms with E-state index in [4.69, 9.17) is 4.74 Å². The van der Waals surface area contributed by atoms with E-state index in [9.17, 15) is 9.59 Å². The quantitative estimate of drug-likeness (QED) is 0.676. The van der Waals surface area contributed by atoms with Gasteiger partial charge in [-0.3, -0.25) is 9.59 Å². The van der Waals surface area contributed by atoms with Gasteiger partial charge in [-0.25, -0.2) is 0 Å². The Kier molecular flexibility index (Phi) is 4.58. The molecule has 2 amide bonds. The van der Waals surface area contributed by atoms with Gasteiger partial charge < -0.3 is 14.5 Å². The van der Waals surface area contributed by atoms with Gasteiger partial charge >= 0.3 is 0 Å². The molecule has 0 spiro atoms. The summed E-state index contributed by atoms with van der Waals surface area (Å²) >= 11 is 0. The normalized spacial score (nSPS) is 23.4. The van der Waals surface area contributed by atoms with Gasteiger partial charge in [-0.2, -0.15) is 0 Å². The van der Waals surface area contributed by atoms with E-state index in [1.165, 1.54) is 0 Å². The van der Waals surface area contributed by atoms with Crippen LogP contribution in [0.25, 0.3) is 0 Å². The Bertz CT molecular complexity index is 319. The highest BCUT2D eigenvalue weighted by atomic mass is 16.5. The van der Waals surface area contributed by atoms with Crippen molar-refractivity contribution in [3.8, 4) is 0 Å². The predicted octanol–water partition coefficient (Wildman–Crippen LogP) is 0.636. The minimum Gasteiger partial charge on any atom is -0.382 e. The van der Waals surface area contributed by atoms with Crippen LogP contribution in [0.4, 0.5) is 0 Å². The summed E-state index contributed by atoms with van der Waals surface area (Å²) in [5, 5.41) is 0. The number of fused-ring (bicyclic) bond motifs is 1. The molecule has 5 nitrogen and oxygen atoms in total. The highest BCUT2D eigenvalue weighted by molar-refractivity contribution is 5.80. The molecule has 2 heterocycles. The summed E-state index contributed by atoms with van der Waals surface area (Å²) in [4.78, 5) is 27.4. The van der Waals surface area contributed by atoms with Gasteiger partial charge in [0.1, 0.15) is 0 Å². The lowest BCUT2D eigenvalue weighted by atomic mass is 10.1. The van der Waals surface area contributed by atoms with Crippen LogP contribution in [0.2, 0.25) is 0 Å². The van der Waals surface area contributed by atoms with Crippen LogP contribution in [-0.2, 0) is 14.3 Å². The number of carbonyl (C=O) groups excluding carboxylic acids is 2. The van der Waals surface area contributed by atoms with Crippen molar-refractivity contribution in [1.29, 1.82) is 0 Å². The summed E-state index contributed by atoms with van der Waals surface area (Å²) in [7, 11) is 0. The molecule has 0 aromatic heterocycles. The summed E-state index contributed by atoms with van der Waals surface area (Å²) in [6, 6.07) is 0.266. The van der Waals surface area contributed by atoms with Crippen LogP contribution < -0.4 is 0 Å². The fourth-order valence-corrected chi connectivity index (χ4v) is 2.72. The Hall–Kier alpha value is -1.10. The molecule has 0 saturated carbocycles. The number of rotatable bonds is 5. The van der Waals surface area contributed by atoms with Crippen molar-refractivity contribution in [2.75, 3.05) is 32.8 Å². The van der Waals surface area contributed by atoms with E-state index in [0.29, 0.717) is 39.1 Å². The van der Waals surface area contributed by atoms with Gasteiger partial charge in [-0.05, 0) is 19.8 Å². The van der Waals surface area contributed by atoms with Crippen LogP contribution >= 0.6 is 0 Å². The van der Waals surface area contributed by atoms with Gasteiger partial charge in [0, 0.05) is 51.7 Å². The van der Waals surface area contributed by atoms with E-state index in [-0.39, 0.29) is 17.9 Å². The van der Waals surface area contributed by atoms with Crippen LogP contribution in [0, 0.1) is 0 Å². The summed E-state index contributed by atoms with van der Waals surface area (Å²) in [6.07, 6.45) is 2.90. The maximum atomic E-state index is 12.0. The van der Waals surface area contributed by atoms with Crippen LogP contribution in [0.1, 0.15) is 32.6 Å². The van der Waals surface area contributed by atoms with Crippen LogP contribution in [-0.4, -0.2) is 60.5 Å². The lowest BCUT2D eigenvalue weighted by Gasteiger charge is -2.37. The van der Waals surface area contributed by atoms with E-state index < -0.39 is 0 Å². The molecule has 102 valence electrons. The second-order valence-electron chi connectivity index (χ2n) is 4.92. The molecule has 0 unspecified atom stereocenters. The summed E-state index contributed by atoms with van der Waals surface area (Å²) < 4.78 is 5.23. The molecule has 2 aliphatic heterocycles. The van der Waals surface area contributed by atoms with E-state index in [0.717, 1.165) is 19.4 Å². The summed E-state index contributed by atoms with van der Waals surface area (Å²) in [5.74, 6) is 0.456. The first-order chi connectivity index (χ1) is 8.72. The molecule has 2 saturated heterocycles. The third-order valence-corrected chi connectivity index (χ3v) is 3.73. The van der Waals surface area contributed by atoms with Gasteiger partial charge in [0.15, 0.2) is 0 Å². The van der Waals surface area contributed by atoms with E-state index in [2.05, 4.69) is 0 Å². The third kappa shape index (κ3) is 3.02. The number of hydrogen-bond acceptors (Lipinski definition) is 3. The molecule has 2 rings (SSSR count). The second-order valence-corrected chi connectivity index (χ2v) is 4.92. The minimum atomic E-state index is 0.203. The Labute approximate surface area is 108 Å². The standard InChI is InChI=1S/C13H22N2O3/c1-2-18-9-3-4-12(16)14-7-8-15-11(10-14)5-6-13(15)17/h11H,2-10H2,1H3/t11-/m1/s1. The number of piperazine rings is 1. The molecule has 18 heavy (non-hydrogen) atoms. The molecular formula is C13H22N2O3. The Morgan fingerprint density at radius 1 is 1.44 bits per heavy atom. The Morgan fingerprint density at radius 3 is 3.06 bits per heavy atom. The number of carbonyl (C=O) groups is 2. The fraction of sp³-hybridized carbons (Fsp3) is 0.846. The van der Waals surface area contributed by atoms with Gasteiger partial charge in [-0.1, -0.05) is 0 Å². The van der Waals surface area contributed by atoms with Crippen molar-refractivity contribution < 1.29 is 14.3 Å². The number of amides is 2. The van der Waals surface area contributed by atoms with Crippen LogP contribution in [0.15, 0.2) is 0 Å². The molecule has 0 aromatic carbocycles. The first-order valence-corrected chi connectivity index (χ1v) is 6.87. The van der Waals surface area contributed by atoms with Crippen molar-refractivity contribution in [3.63, 3.8) is 0 Å². The van der Waals surface area contributed by atoms with Crippen molar-refractivity contribution in [2.45, 2.75) is 38.6 Å².